The first kappa shape index (κ1) is 19.7. The van der Waals surface area contributed by atoms with Crippen molar-refractivity contribution in [2.75, 3.05) is 10.6 Å². The lowest BCUT2D eigenvalue weighted by molar-refractivity contribution is 0.0941. The van der Waals surface area contributed by atoms with Crippen LogP contribution in [0, 0.1) is 11.5 Å². The van der Waals surface area contributed by atoms with Crippen molar-refractivity contribution in [3.8, 4) is 6.19 Å². The van der Waals surface area contributed by atoms with Gasteiger partial charge in [-0.2, -0.15) is 5.26 Å². The molecular formula is C19H13Cl2N7O2. The number of halogens is 2. The highest BCUT2D eigenvalue weighted by atomic mass is 35.5. The molecule has 0 saturated carbocycles. The molecule has 1 amide bonds. The summed E-state index contributed by atoms with van der Waals surface area (Å²) in [6, 6.07) is 9.66. The van der Waals surface area contributed by atoms with E-state index >= 15 is 0 Å². The van der Waals surface area contributed by atoms with Crippen LogP contribution < -0.4 is 21.5 Å². The predicted molar refractivity (Wildman–Crippen MR) is 112 cm³/mol. The lowest BCUT2D eigenvalue weighted by Crippen LogP contribution is -2.46. The molecule has 3 heterocycles. The van der Waals surface area contributed by atoms with Gasteiger partial charge in [0, 0.05) is 11.1 Å². The molecule has 0 radical (unpaired) electrons. The molecular weight excluding hydrogens is 429 g/mol. The highest BCUT2D eigenvalue weighted by Gasteiger charge is 2.43. The van der Waals surface area contributed by atoms with E-state index in [0.717, 1.165) is 0 Å². The van der Waals surface area contributed by atoms with Crippen LogP contribution in [0.3, 0.4) is 0 Å². The molecule has 0 spiro atoms. The lowest BCUT2D eigenvalue weighted by atomic mass is 10.0. The number of anilines is 3. The SMILES string of the molecule is CC1(c2cccc(Cl)c2)NC(=O)c2c(Cl)cc(Nc3cc(NC#N)ncn3)c(=O)n21. The van der Waals surface area contributed by atoms with E-state index in [1.807, 2.05) is 0 Å². The summed E-state index contributed by atoms with van der Waals surface area (Å²) in [5.74, 6) is 0.0369. The van der Waals surface area contributed by atoms with E-state index in [9.17, 15) is 9.59 Å². The molecule has 0 bridgehead atoms. The van der Waals surface area contributed by atoms with Gasteiger partial charge in [-0.1, -0.05) is 35.3 Å². The second-order valence-corrected chi connectivity index (χ2v) is 7.43. The number of nitrogens with zero attached hydrogens (tertiary/aromatic N) is 4. The Morgan fingerprint density at radius 1 is 1.17 bits per heavy atom. The largest absolute Gasteiger partial charge is 0.336 e. The number of aromatic nitrogens is 3. The van der Waals surface area contributed by atoms with Crippen molar-refractivity contribution in [2.45, 2.75) is 12.6 Å². The Morgan fingerprint density at radius 2 is 1.93 bits per heavy atom. The Morgan fingerprint density at radius 3 is 2.67 bits per heavy atom. The third kappa shape index (κ3) is 3.22. The monoisotopic (exact) mass is 441 g/mol. The number of carbonyl (C=O) groups excluding carboxylic acids is 1. The average molecular weight is 442 g/mol. The van der Waals surface area contributed by atoms with Crippen molar-refractivity contribution in [1.29, 1.82) is 5.26 Å². The van der Waals surface area contributed by atoms with E-state index in [-0.39, 0.29) is 28.0 Å². The number of carbonyl (C=O) groups is 1. The molecule has 1 atom stereocenters. The van der Waals surface area contributed by atoms with Crippen LogP contribution in [-0.2, 0) is 5.66 Å². The summed E-state index contributed by atoms with van der Waals surface area (Å²) in [5, 5.41) is 17.4. The molecule has 30 heavy (non-hydrogen) atoms. The van der Waals surface area contributed by atoms with Gasteiger partial charge in [-0.25, -0.2) is 9.97 Å². The van der Waals surface area contributed by atoms with Crippen molar-refractivity contribution < 1.29 is 4.79 Å². The zero-order valence-corrected chi connectivity index (χ0v) is 16.9. The van der Waals surface area contributed by atoms with Gasteiger partial charge in [0.25, 0.3) is 11.5 Å². The van der Waals surface area contributed by atoms with Crippen molar-refractivity contribution >= 4 is 46.4 Å². The highest BCUT2D eigenvalue weighted by molar-refractivity contribution is 6.34. The number of pyridine rings is 1. The van der Waals surface area contributed by atoms with Gasteiger partial charge in [0.05, 0.1) is 5.02 Å². The van der Waals surface area contributed by atoms with Crippen LogP contribution in [0.1, 0.15) is 23.0 Å². The first-order valence-electron chi connectivity index (χ1n) is 8.62. The third-order valence-electron chi connectivity index (χ3n) is 4.67. The highest BCUT2D eigenvalue weighted by Crippen LogP contribution is 2.34. The fraction of sp³-hybridized carbons (Fsp3) is 0.105. The predicted octanol–water partition coefficient (Wildman–Crippen LogP) is 3.05. The molecule has 0 fully saturated rings. The Balaban J connectivity index is 1.85. The molecule has 1 aliphatic heterocycles. The topological polar surface area (TPSA) is 125 Å². The van der Waals surface area contributed by atoms with Gasteiger partial charge in [0.15, 0.2) is 6.19 Å². The average Bonchev–Trinajstić information content (AvgIpc) is 2.99. The molecule has 4 rings (SSSR count). The van der Waals surface area contributed by atoms with Gasteiger partial charge >= 0.3 is 0 Å². The maximum Gasteiger partial charge on any atom is 0.277 e. The quantitative estimate of drug-likeness (QED) is 0.419. The second kappa shape index (κ2) is 7.33. The summed E-state index contributed by atoms with van der Waals surface area (Å²) >= 11 is 12.5. The molecule has 9 nitrogen and oxygen atoms in total. The molecule has 0 aliphatic carbocycles. The fourth-order valence-corrected chi connectivity index (χ4v) is 3.80. The smallest absolute Gasteiger partial charge is 0.277 e. The number of rotatable bonds is 4. The minimum atomic E-state index is -1.20. The van der Waals surface area contributed by atoms with Crippen LogP contribution >= 0.6 is 23.2 Å². The van der Waals surface area contributed by atoms with Crippen LogP contribution in [0.4, 0.5) is 17.3 Å². The van der Waals surface area contributed by atoms with Crippen LogP contribution in [0.2, 0.25) is 10.0 Å². The van der Waals surface area contributed by atoms with E-state index in [1.54, 1.807) is 37.4 Å². The molecule has 11 heteroatoms. The summed E-state index contributed by atoms with van der Waals surface area (Å²) in [6.07, 6.45) is 2.99. The van der Waals surface area contributed by atoms with Gasteiger partial charge in [-0.15, -0.1) is 0 Å². The second-order valence-electron chi connectivity index (χ2n) is 6.58. The van der Waals surface area contributed by atoms with Crippen LogP contribution in [-0.4, -0.2) is 20.4 Å². The minimum absolute atomic E-state index is 0.0456. The molecule has 2 aromatic heterocycles. The van der Waals surface area contributed by atoms with Crippen molar-refractivity contribution in [2.24, 2.45) is 0 Å². The van der Waals surface area contributed by atoms with Crippen molar-refractivity contribution in [3.05, 3.63) is 74.4 Å². The molecule has 1 unspecified atom stereocenters. The number of amides is 1. The minimum Gasteiger partial charge on any atom is -0.336 e. The van der Waals surface area contributed by atoms with E-state index in [4.69, 9.17) is 28.5 Å². The first-order chi connectivity index (χ1) is 14.3. The van der Waals surface area contributed by atoms with Gasteiger partial charge in [-0.3, -0.25) is 19.5 Å². The van der Waals surface area contributed by atoms with E-state index in [0.29, 0.717) is 10.6 Å². The summed E-state index contributed by atoms with van der Waals surface area (Å²) in [4.78, 5) is 33.9. The zero-order valence-electron chi connectivity index (χ0n) is 15.4. The van der Waals surface area contributed by atoms with E-state index in [1.165, 1.54) is 23.0 Å². The zero-order chi connectivity index (χ0) is 21.5. The molecule has 150 valence electrons. The maximum atomic E-state index is 13.4. The summed E-state index contributed by atoms with van der Waals surface area (Å²) in [5.41, 5.74) is -0.947. The Bertz CT molecular complexity index is 1280. The van der Waals surface area contributed by atoms with Crippen LogP contribution in [0.25, 0.3) is 0 Å². The van der Waals surface area contributed by atoms with Gasteiger partial charge in [0.2, 0.25) is 0 Å². The summed E-state index contributed by atoms with van der Waals surface area (Å²) < 4.78 is 1.29. The van der Waals surface area contributed by atoms with Gasteiger partial charge < -0.3 is 10.6 Å². The van der Waals surface area contributed by atoms with Crippen LogP contribution in [0.15, 0.2) is 47.5 Å². The lowest BCUT2D eigenvalue weighted by Gasteiger charge is -2.28. The number of benzene rings is 1. The third-order valence-corrected chi connectivity index (χ3v) is 5.20. The molecule has 1 aliphatic rings. The number of fused-ring (bicyclic) bond motifs is 1. The van der Waals surface area contributed by atoms with Crippen molar-refractivity contribution in [1.82, 2.24) is 19.9 Å². The summed E-state index contributed by atoms with van der Waals surface area (Å²) in [6.45, 7) is 1.69. The molecule has 1 aromatic carbocycles. The maximum absolute atomic E-state index is 13.4. The standard InChI is InChI=1S/C19H13Cl2N7O2/c1-19(10-3-2-4-11(20)5-10)27-17(29)16-12(21)6-13(18(30)28(16)19)26-15-7-14(23-8-22)24-9-25-15/h2-7,9H,1H3,(H,27,29)(H2,23,24,25,26). The Hall–Kier alpha value is -3.61. The molecule has 0 saturated heterocycles. The van der Waals surface area contributed by atoms with Crippen LogP contribution in [0.5, 0.6) is 0 Å². The Kier molecular flexibility index (Phi) is 4.81. The van der Waals surface area contributed by atoms with Gasteiger partial charge in [-0.05, 0) is 30.7 Å². The molecule has 3 N–H and O–H groups in total. The van der Waals surface area contributed by atoms with Crippen molar-refractivity contribution in [3.63, 3.8) is 0 Å². The first-order valence-corrected chi connectivity index (χ1v) is 9.38. The number of hydrogen-bond donors (Lipinski definition) is 3. The normalized spacial score (nSPS) is 17.1. The Labute approximate surface area is 180 Å². The molecule has 3 aromatic rings. The summed E-state index contributed by atoms with van der Waals surface area (Å²) in [7, 11) is 0. The van der Waals surface area contributed by atoms with Gasteiger partial charge in [0.1, 0.15) is 35.0 Å². The number of nitrogens with one attached hydrogen (secondary N) is 3. The number of nitriles is 1. The van der Waals surface area contributed by atoms with E-state index < -0.39 is 17.1 Å². The number of hydrogen-bond acceptors (Lipinski definition) is 7. The fourth-order valence-electron chi connectivity index (χ4n) is 3.33. The van der Waals surface area contributed by atoms with E-state index in [2.05, 4.69) is 25.9 Å².